The second kappa shape index (κ2) is 17.1. The normalized spacial score (nSPS) is 11.3. The average molecular weight is 447 g/mol. The number of rotatable bonds is 14. The van der Waals surface area contributed by atoms with Gasteiger partial charge in [-0.3, -0.25) is 0 Å². The van der Waals surface area contributed by atoms with Crippen LogP contribution in [-0.4, -0.2) is 37.1 Å². The molecular weight excluding hydrogens is 414 g/mol. The Morgan fingerprint density at radius 1 is 0.750 bits per heavy atom. The van der Waals surface area contributed by atoms with Crippen molar-refractivity contribution in [1.82, 2.24) is 0 Å². The van der Waals surface area contributed by atoms with Crippen LogP contribution in [0.25, 0.3) is 0 Å². The van der Waals surface area contributed by atoms with Crippen molar-refractivity contribution in [3.8, 4) is 0 Å². The van der Waals surface area contributed by atoms with E-state index in [0.717, 1.165) is 12.8 Å². The molecule has 2 nitrogen and oxygen atoms in total. The molecule has 122 valence electrons. The van der Waals surface area contributed by atoms with Crippen LogP contribution in [-0.2, 0) is 20.9 Å². The molecule has 0 rings (SSSR count). The summed E-state index contributed by atoms with van der Waals surface area (Å²) in [6, 6.07) is 0. The van der Waals surface area contributed by atoms with Crippen LogP contribution in [0, 0.1) is 0 Å². The van der Waals surface area contributed by atoms with Gasteiger partial charge in [0.1, 0.15) is 0 Å². The maximum absolute atomic E-state index is 5.61. The van der Waals surface area contributed by atoms with E-state index in [-0.39, 0.29) is 23.9 Å². The molecule has 0 aromatic carbocycles. The molecule has 0 fully saturated rings. The Morgan fingerprint density at radius 2 is 1.10 bits per heavy atom. The van der Waals surface area contributed by atoms with Crippen LogP contribution >= 0.6 is 17.9 Å². The van der Waals surface area contributed by atoms with Gasteiger partial charge in [0.15, 0.2) is 0 Å². The van der Waals surface area contributed by atoms with Gasteiger partial charge in [-0.15, -0.1) is 0 Å². The molecule has 0 aliphatic rings. The predicted molar refractivity (Wildman–Crippen MR) is 101 cm³/mol. The summed E-state index contributed by atoms with van der Waals surface area (Å²) >= 11 is 9.63. The SMILES string of the molecule is CCCCCCCOP(=S)(S)OCCCCCCC.[SnH2]. The van der Waals surface area contributed by atoms with E-state index in [1.807, 2.05) is 0 Å². The van der Waals surface area contributed by atoms with Gasteiger partial charge in [0.2, 0.25) is 5.69 Å². The molecule has 0 bridgehead atoms. The third-order valence-electron chi connectivity index (χ3n) is 3.00. The summed E-state index contributed by atoms with van der Waals surface area (Å²) in [5.74, 6) is 0. The first-order chi connectivity index (χ1) is 9.12. The molecule has 0 spiro atoms. The topological polar surface area (TPSA) is 18.5 Å². The van der Waals surface area contributed by atoms with Crippen molar-refractivity contribution in [1.29, 1.82) is 0 Å². The summed E-state index contributed by atoms with van der Waals surface area (Å²) < 4.78 is 11.2. The van der Waals surface area contributed by atoms with Crippen LogP contribution in [0.2, 0.25) is 0 Å². The third-order valence-corrected chi connectivity index (χ3v) is 5.35. The maximum atomic E-state index is 5.61. The first kappa shape index (κ1) is 24.0. The van der Waals surface area contributed by atoms with E-state index in [2.05, 4.69) is 26.1 Å². The molecule has 0 saturated heterocycles. The van der Waals surface area contributed by atoms with Gasteiger partial charge in [-0.1, -0.05) is 77.5 Å². The van der Waals surface area contributed by atoms with Crippen LogP contribution in [0.3, 0.4) is 0 Å². The van der Waals surface area contributed by atoms with Gasteiger partial charge in [0, 0.05) is 0 Å². The molecule has 0 aromatic heterocycles. The number of hydrogen-bond acceptors (Lipinski definition) is 3. The second-order valence-corrected chi connectivity index (χ2v) is 10.3. The summed E-state index contributed by atoms with van der Waals surface area (Å²) in [6.45, 7) is 5.83. The number of hydrogen-bond donors (Lipinski definition) is 1. The predicted octanol–water partition coefficient (Wildman–Crippen LogP) is 5.20. The molecule has 0 aromatic rings. The summed E-state index contributed by atoms with van der Waals surface area (Å²) in [7, 11) is 0. The molecule has 0 aliphatic carbocycles. The van der Waals surface area contributed by atoms with Crippen LogP contribution < -0.4 is 0 Å². The van der Waals surface area contributed by atoms with E-state index in [0.29, 0.717) is 13.2 Å². The van der Waals surface area contributed by atoms with E-state index in [9.17, 15) is 0 Å². The van der Waals surface area contributed by atoms with Crippen molar-refractivity contribution >= 4 is 53.7 Å². The first-order valence-corrected chi connectivity index (χ1v) is 11.5. The Balaban J connectivity index is 0. The summed E-state index contributed by atoms with van der Waals surface area (Å²) in [4.78, 5) is 0. The van der Waals surface area contributed by atoms with Gasteiger partial charge in [0.25, 0.3) is 0 Å². The fraction of sp³-hybridized carbons (Fsp3) is 1.00. The Labute approximate surface area is 153 Å². The summed E-state index contributed by atoms with van der Waals surface area (Å²) in [6.07, 6.45) is 12.3. The van der Waals surface area contributed by atoms with Gasteiger partial charge < -0.3 is 9.05 Å². The Morgan fingerprint density at radius 3 is 1.45 bits per heavy atom. The zero-order valence-corrected chi connectivity index (χ0v) is 20.0. The summed E-state index contributed by atoms with van der Waals surface area (Å²) in [5, 5.41) is 0. The van der Waals surface area contributed by atoms with Gasteiger partial charge in [-0.05, 0) is 24.6 Å². The van der Waals surface area contributed by atoms with E-state index in [4.69, 9.17) is 20.9 Å². The van der Waals surface area contributed by atoms with Crippen LogP contribution in [0.4, 0.5) is 0 Å². The fourth-order valence-electron chi connectivity index (χ4n) is 1.81. The van der Waals surface area contributed by atoms with Crippen molar-refractivity contribution < 1.29 is 9.05 Å². The standard InChI is InChI=1S/C14H31O2PS2.Sn.2H/c1-3-5-7-9-11-13-15-17(18,19)16-14-12-10-8-6-4-2;;;/h3-14H2,1-2H3,(H,18,19);;;. The molecule has 0 N–H and O–H groups in total. The molecule has 0 aliphatic heterocycles. The first-order valence-electron chi connectivity index (χ1n) is 7.74. The number of unbranched alkanes of at least 4 members (excludes halogenated alkanes) is 8. The molecule has 6 heteroatoms. The van der Waals surface area contributed by atoms with E-state index in [1.165, 1.54) is 51.4 Å². The molecule has 0 unspecified atom stereocenters. The van der Waals surface area contributed by atoms with Crippen molar-refractivity contribution in [3.05, 3.63) is 0 Å². The van der Waals surface area contributed by atoms with Crippen molar-refractivity contribution in [3.63, 3.8) is 0 Å². The van der Waals surface area contributed by atoms with E-state index >= 15 is 0 Å². The van der Waals surface area contributed by atoms with E-state index in [1.54, 1.807) is 0 Å². The van der Waals surface area contributed by atoms with Gasteiger partial charge >= 0.3 is 23.9 Å². The molecular formula is C14H33O2PS2Sn. The minimum absolute atomic E-state index is 0. The Bertz CT molecular complexity index is 223. The average Bonchev–Trinajstić information content (AvgIpc) is 2.38. The van der Waals surface area contributed by atoms with Gasteiger partial charge in [-0.2, -0.15) is 0 Å². The third kappa shape index (κ3) is 17.8. The zero-order chi connectivity index (χ0) is 14.4. The molecule has 2 radical (unpaired) electrons. The van der Waals surface area contributed by atoms with Crippen LogP contribution in [0.1, 0.15) is 78.1 Å². The number of thiol groups is 1. The Hall–Kier alpha value is 1.72. The Kier molecular flexibility index (Phi) is 20.5. The van der Waals surface area contributed by atoms with Gasteiger partial charge in [-0.25, -0.2) is 0 Å². The zero-order valence-electron chi connectivity index (χ0n) is 13.3. The molecule has 0 heterocycles. The monoisotopic (exact) mass is 448 g/mol. The van der Waals surface area contributed by atoms with Crippen LogP contribution in [0.15, 0.2) is 0 Å². The molecule has 20 heavy (non-hydrogen) atoms. The van der Waals surface area contributed by atoms with Gasteiger partial charge in [0.05, 0.1) is 13.2 Å². The quantitative estimate of drug-likeness (QED) is 0.171. The molecule has 0 amide bonds. The fourth-order valence-corrected chi connectivity index (χ4v) is 3.54. The van der Waals surface area contributed by atoms with Crippen molar-refractivity contribution in [2.24, 2.45) is 0 Å². The van der Waals surface area contributed by atoms with Crippen molar-refractivity contribution in [2.75, 3.05) is 13.2 Å². The van der Waals surface area contributed by atoms with Crippen LogP contribution in [0.5, 0.6) is 0 Å². The second-order valence-electron chi connectivity index (χ2n) is 4.96. The minimum atomic E-state index is -2.28. The van der Waals surface area contributed by atoms with Crippen molar-refractivity contribution in [2.45, 2.75) is 78.1 Å². The van der Waals surface area contributed by atoms with E-state index < -0.39 is 5.69 Å². The molecule has 0 atom stereocenters. The summed E-state index contributed by atoms with van der Waals surface area (Å²) in [5.41, 5.74) is -2.28. The molecule has 0 saturated carbocycles.